The summed E-state index contributed by atoms with van der Waals surface area (Å²) in [6.07, 6.45) is 3.19. The Labute approximate surface area is 62.7 Å². The molecule has 10 heavy (non-hydrogen) atoms. The van der Waals surface area contributed by atoms with Crippen LogP contribution in [0.4, 0.5) is 0 Å². The molecule has 0 bridgehead atoms. The van der Waals surface area contributed by atoms with Crippen molar-refractivity contribution in [3.63, 3.8) is 0 Å². The van der Waals surface area contributed by atoms with E-state index >= 15 is 0 Å². The van der Waals surface area contributed by atoms with Gasteiger partial charge in [0.1, 0.15) is 0 Å². The minimum atomic E-state index is 0.192. The van der Waals surface area contributed by atoms with Crippen molar-refractivity contribution in [2.45, 2.75) is 32.7 Å². The van der Waals surface area contributed by atoms with E-state index in [1.807, 2.05) is 0 Å². The van der Waals surface area contributed by atoms with Crippen molar-refractivity contribution >= 4 is 0 Å². The van der Waals surface area contributed by atoms with Crippen molar-refractivity contribution in [1.82, 2.24) is 4.90 Å². The number of nitrogens with two attached hydrogens (primary N) is 1. The second-order valence-electron chi connectivity index (χ2n) is 3.74. The van der Waals surface area contributed by atoms with Gasteiger partial charge in [-0.05, 0) is 33.3 Å². The van der Waals surface area contributed by atoms with Gasteiger partial charge in [-0.1, -0.05) is 0 Å². The van der Waals surface area contributed by atoms with Gasteiger partial charge in [-0.25, -0.2) is 0 Å². The van der Waals surface area contributed by atoms with E-state index in [0.29, 0.717) is 0 Å². The minimum Gasteiger partial charge on any atom is -0.386 e. The Hall–Kier alpha value is -0.660. The fourth-order valence-electron chi connectivity index (χ4n) is 1.30. The summed E-state index contributed by atoms with van der Waals surface area (Å²) in [6.45, 7) is 7.62. The largest absolute Gasteiger partial charge is 0.386 e. The first-order valence-electron chi connectivity index (χ1n) is 3.75. The van der Waals surface area contributed by atoms with Crippen LogP contribution < -0.4 is 5.73 Å². The molecule has 0 fully saturated rings. The Morgan fingerprint density at radius 2 is 2.10 bits per heavy atom. The topological polar surface area (TPSA) is 29.3 Å². The highest BCUT2D eigenvalue weighted by molar-refractivity contribution is 5.06. The fraction of sp³-hybridized carbons (Fsp3) is 0.750. The first kappa shape index (κ1) is 7.45. The van der Waals surface area contributed by atoms with Crippen LogP contribution in [0.1, 0.15) is 27.2 Å². The van der Waals surface area contributed by atoms with Gasteiger partial charge in [0.05, 0.1) is 5.82 Å². The van der Waals surface area contributed by atoms with Gasteiger partial charge in [0.25, 0.3) is 0 Å². The second kappa shape index (κ2) is 2.19. The molecule has 0 unspecified atom stereocenters. The number of hydrogen-bond acceptors (Lipinski definition) is 2. The SMILES string of the molecule is CC(C)(C)N1CCC=C1N. The number of hydrogen-bond donors (Lipinski definition) is 1. The molecule has 1 aliphatic heterocycles. The van der Waals surface area contributed by atoms with Gasteiger partial charge in [0, 0.05) is 12.1 Å². The third-order valence-electron chi connectivity index (χ3n) is 1.83. The van der Waals surface area contributed by atoms with E-state index in [0.717, 1.165) is 18.8 Å². The summed E-state index contributed by atoms with van der Waals surface area (Å²) in [5, 5.41) is 0. The molecule has 0 aromatic carbocycles. The van der Waals surface area contributed by atoms with Crippen LogP contribution in [0.25, 0.3) is 0 Å². The first-order chi connectivity index (χ1) is 4.52. The van der Waals surface area contributed by atoms with Crippen LogP contribution in [0.15, 0.2) is 11.9 Å². The van der Waals surface area contributed by atoms with Crippen LogP contribution in [0, 0.1) is 0 Å². The van der Waals surface area contributed by atoms with Gasteiger partial charge < -0.3 is 10.6 Å². The highest BCUT2D eigenvalue weighted by Crippen LogP contribution is 2.21. The lowest BCUT2D eigenvalue weighted by atomic mass is 10.1. The van der Waals surface area contributed by atoms with Gasteiger partial charge >= 0.3 is 0 Å². The van der Waals surface area contributed by atoms with Crippen LogP contribution in [-0.2, 0) is 0 Å². The summed E-state index contributed by atoms with van der Waals surface area (Å²) in [4.78, 5) is 2.23. The van der Waals surface area contributed by atoms with Crippen molar-refractivity contribution in [1.29, 1.82) is 0 Å². The smallest absolute Gasteiger partial charge is 0.0950 e. The number of rotatable bonds is 0. The molecule has 2 heteroatoms. The van der Waals surface area contributed by atoms with Crippen molar-refractivity contribution < 1.29 is 0 Å². The summed E-state index contributed by atoms with van der Waals surface area (Å²) in [5.74, 6) is 0.938. The van der Waals surface area contributed by atoms with Gasteiger partial charge in [0.2, 0.25) is 0 Å². The molecule has 0 radical (unpaired) electrons. The Kier molecular flexibility index (Phi) is 1.63. The quantitative estimate of drug-likeness (QED) is 0.549. The Balaban J connectivity index is 2.67. The van der Waals surface area contributed by atoms with Gasteiger partial charge in [-0.3, -0.25) is 0 Å². The molecular formula is C8H16N2. The average molecular weight is 140 g/mol. The molecule has 2 N–H and O–H groups in total. The molecule has 1 aliphatic rings. The fourth-order valence-corrected chi connectivity index (χ4v) is 1.30. The Bertz CT molecular complexity index is 153. The third kappa shape index (κ3) is 1.25. The lowest BCUT2D eigenvalue weighted by Gasteiger charge is -2.34. The molecule has 1 heterocycles. The molecule has 0 aromatic rings. The standard InChI is InChI=1S/C8H16N2/c1-8(2,3)10-6-4-5-7(10)9/h5H,4,6,9H2,1-3H3. The Morgan fingerprint density at radius 3 is 2.30 bits per heavy atom. The van der Waals surface area contributed by atoms with E-state index in [4.69, 9.17) is 5.73 Å². The van der Waals surface area contributed by atoms with Gasteiger partial charge in [0.15, 0.2) is 0 Å². The van der Waals surface area contributed by atoms with E-state index in [1.54, 1.807) is 0 Å². The molecule has 0 aliphatic carbocycles. The Morgan fingerprint density at radius 1 is 1.50 bits per heavy atom. The number of nitrogens with zero attached hydrogens (tertiary/aromatic N) is 1. The monoisotopic (exact) mass is 140 g/mol. The summed E-state index contributed by atoms with van der Waals surface area (Å²) >= 11 is 0. The first-order valence-corrected chi connectivity index (χ1v) is 3.75. The van der Waals surface area contributed by atoms with E-state index in [1.165, 1.54) is 0 Å². The van der Waals surface area contributed by atoms with Gasteiger partial charge in [-0.2, -0.15) is 0 Å². The van der Waals surface area contributed by atoms with Crippen LogP contribution in [0.3, 0.4) is 0 Å². The maximum Gasteiger partial charge on any atom is 0.0950 e. The summed E-state index contributed by atoms with van der Waals surface area (Å²) in [5.41, 5.74) is 5.94. The van der Waals surface area contributed by atoms with E-state index < -0.39 is 0 Å². The highest BCUT2D eigenvalue weighted by Gasteiger charge is 2.23. The summed E-state index contributed by atoms with van der Waals surface area (Å²) in [7, 11) is 0. The van der Waals surface area contributed by atoms with E-state index in [9.17, 15) is 0 Å². The molecule has 0 aromatic heterocycles. The van der Waals surface area contributed by atoms with E-state index in [2.05, 4.69) is 31.7 Å². The lowest BCUT2D eigenvalue weighted by Crippen LogP contribution is -2.40. The predicted molar refractivity (Wildman–Crippen MR) is 43.3 cm³/mol. The summed E-state index contributed by atoms with van der Waals surface area (Å²) in [6, 6.07) is 0. The van der Waals surface area contributed by atoms with Crippen molar-refractivity contribution in [3.8, 4) is 0 Å². The van der Waals surface area contributed by atoms with Crippen molar-refractivity contribution in [3.05, 3.63) is 11.9 Å². The lowest BCUT2D eigenvalue weighted by molar-refractivity contribution is 0.201. The predicted octanol–water partition coefficient (Wildman–Crippen LogP) is 1.29. The molecule has 0 amide bonds. The molecule has 2 nitrogen and oxygen atoms in total. The van der Waals surface area contributed by atoms with Crippen LogP contribution in [-0.4, -0.2) is 17.0 Å². The highest BCUT2D eigenvalue weighted by atomic mass is 15.3. The normalized spacial score (nSPS) is 19.5. The maximum atomic E-state index is 5.75. The molecule has 58 valence electrons. The van der Waals surface area contributed by atoms with Gasteiger partial charge in [-0.15, -0.1) is 0 Å². The molecule has 0 spiro atoms. The second-order valence-corrected chi connectivity index (χ2v) is 3.74. The molecule has 1 rings (SSSR count). The zero-order chi connectivity index (χ0) is 7.78. The zero-order valence-corrected chi connectivity index (χ0v) is 7.02. The molecule has 0 saturated carbocycles. The minimum absolute atomic E-state index is 0.192. The van der Waals surface area contributed by atoms with Crippen molar-refractivity contribution in [2.75, 3.05) is 6.54 Å². The maximum absolute atomic E-state index is 5.75. The summed E-state index contributed by atoms with van der Waals surface area (Å²) < 4.78 is 0. The van der Waals surface area contributed by atoms with Crippen LogP contribution in [0.5, 0.6) is 0 Å². The molecule has 0 saturated heterocycles. The van der Waals surface area contributed by atoms with Crippen molar-refractivity contribution in [2.24, 2.45) is 5.73 Å². The molecular weight excluding hydrogens is 124 g/mol. The van der Waals surface area contributed by atoms with Crippen LogP contribution in [0.2, 0.25) is 0 Å². The molecule has 0 atom stereocenters. The zero-order valence-electron chi connectivity index (χ0n) is 7.02. The van der Waals surface area contributed by atoms with E-state index in [-0.39, 0.29) is 5.54 Å². The third-order valence-corrected chi connectivity index (χ3v) is 1.83. The average Bonchev–Trinajstić information content (AvgIpc) is 2.11. The van der Waals surface area contributed by atoms with Crippen LogP contribution >= 0.6 is 0 Å².